The molecule has 1 saturated heterocycles. The summed E-state index contributed by atoms with van der Waals surface area (Å²) in [6.07, 6.45) is 0. The molecule has 1 fully saturated rings. The summed E-state index contributed by atoms with van der Waals surface area (Å²) in [5.74, 6) is 0.310. The molecule has 1 aliphatic heterocycles. The minimum atomic E-state index is -3.20. The smallest absolute Gasteiger partial charge is 0.296 e. The predicted octanol–water partition coefficient (Wildman–Crippen LogP) is 3.94. The van der Waals surface area contributed by atoms with E-state index in [1.807, 2.05) is 30.3 Å². The molecule has 4 nitrogen and oxygen atoms in total. The molecule has 2 atom stereocenters. The van der Waals surface area contributed by atoms with E-state index in [4.69, 9.17) is 9.05 Å². The lowest BCUT2D eigenvalue weighted by Crippen LogP contribution is -2.41. The van der Waals surface area contributed by atoms with E-state index in [9.17, 15) is 4.57 Å². The number of nitrogens with zero attached hydrogens (tertiary/aromatic N) is 1. The monoisotopic (exact) mass is 283 g/mol. The summed E-state index contributed by atoms with van der Waals surface area (Å²) in [4.78, 5) is 0. The Balaban J connectivity index is 2.32. The predicted molar refractivity (Wildman–Crippen MR) is 77.3 cm³/mol. The van der Waals surface area contributed by atoms with Crippen molar-refractivity contribution in [3.05, 3.63) is 30.3 Å². The van der Waals surface area contributed by atoms with Crippen molar-refractivity contribution in [2.75, 3.05) is 24.9 Å². The van der Waals surface area contributed by atoms with Gasteiger partial charge in [-0.25, -0.2) is 4.57 Å². The average Bonchev–Trinajstić information content (AvgIpc) is 2.39. The van der Waals surface area contributed by atoms with Gasteiger partial charge in [0.05, 0.1) is 6.61 Å². The SMILES string of the molecule is CO[P@]1(=O)OC[C@H](C(C)(C)C)CN1c1ccccc1. The molecule has 0 aliphatic carbocycles. The molecule has 19 heavy (non-hydrogen) atoms. The van der Waals surface area contributed by atoms with Crippen LogP contribution in [0.1, 0.15) is 20.8 Å². The van der Waals surface area contributed by atoms with Crippen LogP contribution in [0.5, 0.6) is 0 Å². The van der Waals surface area contributed by atoms with E-state index in [0.717, 1.165) is 5.69 Å². The Kier molecular flexibility index (Phi) is 4.05. The van der Waals surface area contributed by atoms with Crippen LogP contribution in [0.15, 0.2) is 30.3 Å². The lowest BCUT2D eigenvalue weighted by atomic mass is 9.81. The summed E-state index contributed by atoms with van der Waals surface area (Å²) < 4.78 is 25.2. The first kappa shape index (κ1) is 14.6. The number of hydrogen-bond donors (Lipinski definition) is 0. The van der Waals surface area contributed by atoms with Crippen LogP contribution >= 0.6 is 7.75 Å². The molecule has 0 unspecified atom stereocenters. The van der Waals surface area contributed by atoms with Crippen LogP contribution in [0.3, 0.4) is 0 Å². The van der Waals surface area contributed by atoms with Gasteiger partial charge < -0.3 is 0 Å². The number of rotatable bonds is 2. The largest absolute Gasteiger partial charge is 0.435 e. The van der Waals surface area contributed by atoms with Crippen molar-refractivity contribution in [2.24, 2.45) is 11.3 Å². The summed E-state index contributed by atoms with van der Waals surface area (Å²) >= 11 is 0. The fourth-order valence-corrected chi connectivity index (χ4v) is 3.76. The van der Waals surface area contributed by atoms with Crippen LogP contribution in [0.2, 0.25) is 0 Å². The summed E-state index contributed by atoms with van der Waals surface area (Å²) in [6, 6.07) is 9.65. The Morgan fingerprint density at radius 3 is 2.47 bits per heavy atom. The van der Waals surface area contributed by atoms with E-state index in [1.54, 1.807) is 4.67 Å². The van der Waals surface area contributed by atoms with Crippen molar-refractivity contribution in [1.82, 2.24) is 0 Å². The molecule has 106 valence electrons. The quantitative estimate of drug-likeness (QED) is 0.771. The van der Waals surface area contributed by atoms with Gasteiger partial charge in [-0.1, -0.05) is 39.0 Å². The standard InChI is InChI=1S/C14H22NO3P/c1-14(2,3)12-10-15(13-8-6-5-7-9-13)19(16,17-4)18-11-12/h5-9,12H,10-11H2,1-4H3/t12-,19+/m1/s1. The highest BCUT2D eigenvalue weighted by molar-refractivity contribution is 7.55. The molecule has 0 radical (unpaired) electrons. The van der Waals surface area contributed by atoms with Gasteiger partial charge in [0, 0.05) is 25.3 Å². The highest BCUT2D eigenvalue weighted by atomic mass is 31.2. The Bertz CT molecular complexity index is 469. The van der Waals surface area contributed by atoms with E-state index in [2.05, 4.69) is 20.8 Å². The van der Waals surface area contributed by atoms with Gasteiger partial charge in [0.2, 0.25) is 0 Å². The topological polar surface area (TPSA) is 38.8 Å². The summed E-state index contributed by atoms with van der Waals surface area (Å²) in [7, 11) is -1.76. The molecular formula is C14H22NO3P. The van der Waals surface area contributed by atoms with Gasteiger partial charge in [-0.2, -0.15) is 0 Å². The summed E-state index contributed by atoms with van der Waals surface area (Å²) in [6.45, 7) is 7.67. The Labute approximate surface area is 115 Å². The maximum absolute atomic E-state index is 12.7. The second kappa shape index (κ2) is 5.28. The molecule has 0 aromatic heterocycles. The Hall–Kier alpha value is -0.830. The van der Waals surface area contributed by atoms with E-state index in [1.165, 1.54) is 7.11 Å². The van der Waals surface area contributed by atoms with Crippen molar-refractivity contribution < 1.29 is 13.6 Å². The van der Waals surface area contributed by atoms with Gasteiger partial charge >= 0.3 is 7.75 Å². The highest BCUT2D eigenvalue weighted by Gasteiger charge is 2.43. The molecule has 0 spiro atoms. The first-order chi connectivity index (χ1) is 8.87. The van der Waals surface area contributed by atoms with Crippen LogP contribution in [0.25, 0.3) is 0 Å². The lowest BCUT2D eigenvalue weighted by molar-refractivity contribution is 0.112. The first-order valence-corrected chi connectivity index (χ1v) is 8.00. The fraction of sp³-hybridized carbons (Fsp3) is 0.571. The number of benzene rings is 1. The van der Waals surface area contributed by atoms with E-state index in [0.29, 0.717) is 19.1 Å². The minimum Gasteiger partial charge on any atom is -0.296 e. The normalized spacial score (nSPS) is 28.4. The zero-order chi connectivity index (χ0) is 14.1. The van der Waals surface area contributed by atoms with Gasteiger partial charge in [-0.15, -0.1) is 0 Å². The molecule has 0 bridgehead atoms. The van der Waals surface area contributed by atoms with Gasteiger partial charge in [-0.05, 0) is 17.5 Å². The highest BCUT2D eigenvalue weighted by Crippen LogP contribution is 2.57. The molecule has 2 rings (SSSR count). The second-order valence-corrected chi connectivity index (χ2v) is 7.97. The maximum atomic E-state index is 12.7. The van der Waals surface area contributed by atoms with E-state index in [-0.39, 0.29) is 5.41 Å². The van der Waals surface area contributed by atoms with Crippen molar-refractivity contribution in [3.8, 4) is 0 Å². The Morgan fingerprint density at radius 1 is 1.32 bits per heavy atom. The number of hydrogen-bond acceptors (Lipinski definition) is 3. The van der Waals surface area contributed by atoms with Gasteiger partial charge in [-0.3, -0.25) is 13.7 Å². The molecule has 5 heteroatoms. The molecule has 0 N–H and O–H groups in total. The average molecular weight is 283 g/mol. The molecule has 0 amide bonds. The van der Waals surface area contributed by atoms with E-state index >= 15 is 0 Å². The minimum absolute atomic E-state index is 0.103. The lowest BCUT2D eigenvalue weighted by Gasteiger charge is -2.43. The molecule has 0 saturated carbocycles. The molecular weight excluding hydrogens is 261 g/mol. The van der Waals surface area contributed by atoms with E-state index < -0.39 is 7.75 Å². The molecule has 1 aromatic rings. The molecule has 1 aliphatic rings. The third-order valence-electron chi connectivity index (χ3n) is 3.64. The Morgan fingerprint density at radius 2 is 1.95 bits per heavy atom. The zero-order valence-corrected chi connectivity index (χ0v) is 12.9. The third kappa shape index (κ3) is 3.02. The maximum Gasteiger partial charge on any atom is 0.435 e. The van der Waals surface area contributed by atoms with Crippen LogP contribution in [-0.2, 0) is 13.6 Å². The number of para-hydroxylation sites is 1. The van der Waals surface area contributed by atoms with Crippen molar-refractivity contribution in [1.29, 1.82) is 0 Å². The van der Waals surface area contributed by atoms with Crippen LogP contribution < -0.4 is 4.67 Å². The van der Waals surface area contributed by atoms with Gasteiger partial charge in [0.1, 0.15) is 0 Å². The van der Waals surface area contributed by atoms with Crippen molar-refractivity contribution >= 4 is 13.4 Å². The molecule has 1 aromatic carbocycles. The second-order valence-electron chi connectivity index (χ2n) is 5.93. The fourth-order valence-electron chi connectivity index (χ4n) is 2.14. The van der Waals surface area contributed by atoms with Crippen molar-refractivity contribution in [2.45, 2.75) is 20.8 Å². The third-order valence-corrected chi connectivity index (χ3v) is 5.56. The zero-order valence-electron chi connectivity index (χ0n) is 12.0. The van der Waals surface area contributed by atoms with Crippen LogP contribution in [0, 0.1) is 11.3 Å². The van der Waals surface area contributed by atoms with Crippen molar-refractivity contribution in [3.63, 3.8) is 0 Å². The molecule has 1 heterocycles. The van der Waals surface area contributed by atoms with Gasteiger partial charge in [0.25, 0.3) is 0 Å². The summed E-state index contributed by atoms with van der Waals surface area (Å²) in [5, 5.41) is 0. The summed E-state index contributed by atoms with van der Waals surface area (Å²) in [5.41, 5.74) is 0.980. The van der Waals surface area contributed by atoms with Crippen LogP contribution in [-0.4, -0.2) is 20.3 Å². The first-order valence-electron chi connectivity index (χ1n) is 6.50. The van der Waals surface area contributed by atoms with Crippen LogP contribution in [0.4, 0.5) is 5.69 Å². The number of anilines is 1. The van der Waals surface area contributed by atoms with Gasteiger partial charge in [0.15, 0.2) is 0 Å².